The number of nitrogens with two attached hydrogens (primary N) is 1. The first-order chi connectivity index (χ1) is 9.06. The van der Waals surface area contributed by atoms with E-state index in [9.17, 15) is 14.7 Å². The Balaban J connectivity index is 1.90. The highest BCUT2D eigenvalue weighted by atomic mass is 32.1. The lowest BCUT2D eigenvalue weighted by Crippen LogP contribution is -2.42. The zero-order chi connectivity index (χ0) is 13.8. The Morgan fingerprint density at radius 1 is 1.58 bits per heavy atom. The highest BCUT2D eigenvalue weighted by Crippen LogP contribution is 2.22. The van der Waals surface area contributed by atoms with Crippen LogP contribution in [0.5, 0.6) is 0 Å². The van der Waals surface area contributed by atoms with E-state index in [2.05, 4.69) is 5.32 Å². The average Bonchev–Trinajstić information content (AvgIpc) is 2.76. The molecule has 1 fully saturated rings. The van der Waals surface area contributed by atoms with Crippen molar-refractivity contribution in [3.63, 3.8) is 0 Å². The van der Waals surface area contributed by atoms with E-state index in [1.54, 1.807) is 11.4 Å². The Morgan fingerprint density at radius 2 is 2.37 bits per heavy atom. The molecule has 0 spiro atoms. The number of carbonyl (C=O) groups is 2. The zero-order valence-electron chi connectivity index (χ0n) is 10.5. The van der Waals surface area contributed by atoms with Crippen LogP contribution in [0.2, 0.25) is 0 Å². The molecule has 104 valence electrons. The van der Waals surface area contributed by atoms with Crippen molar-refractivity contribution in [2.24, 2.45) is 5.73 Å². The Hall–Kier alpha value is -1.44. The highest BCUT2D eigenvalue weighted by Gasteiger charge is 2.20. The molecule has 0 saturated carbocycles. The van der Waals surface area contributed by atoms with Crippen LogP contribution < -0.4 is 11.1 Å². The van der Waals surface area contributed by atoms with Gasteiger partial charge in [0.05, 0.1) is 18.2 Å². The standard InChI is InChI=1S/C12H17N3O3S/c13-11(18)9-3-5-19-12(9)14-10(17)7-15-4-1-2-8(16)6-15/h3,5,8,16H,1-2,4,6-7H2,(H2,13,18)(H,14,17)/t8-/m0/s1. The van der Waals surface area contributed by atoms with Crippen molar-refractivity contribution in [3.05, 3.63) is 17.0 Å². The quantitative estimate of drug-likeness (QED) is 0.737. The summed E-state index contributed by atoms with van der Waals surface area (Å²) in [5, 5.41) is 14.4. The Bertz CT molecular complexity index is 475. The van der Waals surface area contributed by atoms with Crippen LogP contribution in [-0.2, 0) is 4.79 Å². The molecular formula is C12H17N3O3S. The molecule has 2 amide bonds. The van der Waals surface area contributed by atoms with Gasteiger partial charge >= 0.3 is 0 Å². The van der Waals surface area contributed by atoms with Crippen molar-refractivity contribution in [1.82, 2.24) is 4.90 Å². The minimum Gasteiger partial charge on any atom is -0.392 e. The van der Waals surface area contributed by atoms with Crippen molar-refractivity contribution < 1.29 is 14.7 Å². The number of primary amides is 1. The molecule has 1 aliphatic heterocycles. The van der Waals surface area contributed by atoms with Gasteiger partial charge in [-0.1, -0.05) is 0 Å². The van der Waals surface area contributed by atoms with Gasteiger partial charge in [-0.05, 0) is 30.8 Å². The van der Waals surface area contributed by atoms with Crippen LogP contribution >= 0.6 is 11.3 Å². The van der Waals surface area contributed by atoms with Crippen LogP contribution in [0.15, 0.2) is 11.4 Å². The van der Waals surface area contributed by atoms with Gasteiger partial charge in [-0.15, -0.1) is 11.3 Å². The maximum absolute atomic E-state index is 11.9. The lowest BCUT2D eigenvalue weighted by molar-refractivity contribution is -0.117. The fourth-order valence-electron chi connectivity index (χ4n) is 2.14. The van der Waals surface area contributed by atoms with Crippen LogP contribution in [0.3, 0.4) is 0 Å². The Kier molecular flexibility index (Phi) is 4.52. The first kappa shape index (κ1) is 14.0. The monoisotopic (exact) mass is 283 g/mol. The molecule has 2 heterocycles. The minimum absolute atomic E-state index is 0.195. The van der Waals surface area contributed by atoms with Gasteiger partial charge in [-0.3, -0.25) is 14.5 Å². The first-order valence-corrected chi connectivity index (χ1v) is 7.02. The van der Waals surface area contributed by atoms with Crippen LogP contribution in [0.25, 0.3) is 0 Å². The maximum Gasteiger partial charge on any atom is 0.251 e. The first-order valence-electron chi connectivity index (χ1n) is 6.14. The fourth-order valence-corrected chi connectivity index (χ4v) is 2.95. The summed E-state index contributed by atoms with van der Waals surface area (Å²) < 4.78 is 0. The number of nitrogens with one attached hydrogen (secondary N) is 1. The third kappa shape index (κ3) is 3.76. The molecule has 0 aliphatic carbocycles. The molecule has 7 heteroatoms. The number of carbonyl (C=O) groups excluding carboxylic acids is 2. The molecule has 2 rings (SSSR count). The van der Waals surface area contributed by atoms with Gasteiger partial charge in [0.2, 0.25) is 5.91 Å². The van der Waals surface area contributed by atoms with Crippen molar-refractivity contribution >= 4 is 28.2 Å². The van der Waals surface area contributed by atoms with Crippen molar-refractivity contribution in [3.8, 4) is 0 Å². The van der Waals surface area contributed by atoms with E-state index in [0.29, 0.717) is 17.1 Å². The summed E-state index contributed by atoms with van der Waals surface area (Å²) in [6, 6.07) is 1.59. The SMILES string of the molecule is NC(=O)c1ccsc1NC(=O)CN1CCC[C@H](O)C1. The second kappa shape index (κ2) is 6.14. The van der Waals surface area contributed by atoms with Gasteiger partial charge in [0.1, 0.15) is 5.00 Å². The molecule has 0 aromatic carbocycles. The van der Waals surface area contributed by atoms with E-state index in [4.69, 9.17) is 5.73 Å². The van der Waals surface area contributed by atoms with Gasteiger partial charge in [-0.25, -0.2) is 0 Å². The lowest BCUT2D eigenvalue weighted by atomic mass is 10.1. The molecule has 1 atom stereocenters. The number of aliphatic hydroxyl groups is 1. The number of thiophene rings is 1. The molecular weight excluding hydrogens is 266 g/mol. The predicted octanol–water partition coefficient (Wildman–Crippen LogP) is 0.242. The van der Waals surface area contributed by atoms with Gasteiger partial charge in [-0.2, -0.15) is 0 Å². The van der Waals surface area contributed by atoms with Crippen molar-refractivity contribution in [1.29, 1.82) is 0 Å². The number of aliphatic hydroxyl groups excluding tert-OH is 1. The summed E-state index contributed by atoms with van der Waals surface area (Å²) in [6.45, 7) is 1.53. The number of nitrogens with zero attached hydrogens (tertiary/aromatic N) is 1. The number of amides is 2. The van der Waals surface area contributed by atoms with Gasteiger partial charge in [0.25, 0.3) is 5.91 Å². The van der Waals surface area contributed by atoms with E-state index in [1.807, 2.05) is 4.90 Å². The average molecular weight is 283 g/mol. The van der Waals surface area contributed by atoms with E-state index in [1.165, 1.54) is 11.3 Å². The minimum atomic E-state index is -0.551. The number of β-amino-alcohol motifs (C(OH)–C–C–N with tert-alkyl or cyclic N) is 1. The number of hydrogen-bond acceptors (Lipinski definition) is 5. The smallest absolute Gasteiger partial charge is 0.251 e. The van der Waals surface area contributed by atoms with Gasteiger partial charge in [0, 0.05) is 6.54 Å². The summed E-state index contributed by atoms with van der Waals surface area (Å²) in [5.41, 5.74) is 5.54. The molecule has 1 aliphatic rings. The maximum atomic E-state index is 11.9. The molecule has 1 aromatic rings. The predicted molar refractivity (Wildman–Crippen MR) is 73.1 cm³/mol. The molecule has 4 N–H and O–H groups in total. The topological polar surface area (TPSA) is 95.7 Å². The van der Waals surface area contributed by atoms with Gasteiger partial charge in [0.15, 0.2) is 0 Å². The number of likely N-dealkylation sites (tertiary alicyclic amines) is 1. The molecule has 0 radical (unpaired) electrons. The number of piperidine rings is 1. The molecule has 0 bridgehead atoms. The number of hydrogen-bond donors (Lipinski definition) is 3. The highest BCUT2D eigenvalue weighted by molar-refractivity contribution is 7.14. The van der Waals surface area contributed by atoms with E-state index in [0.717, 1.165) is 19.4 Å². The van der Waals surface area contributed by atoms with E-state index < -0.39 is 5.91 Å². The molecule has 1 aromatic heterocycles. The van der Waals surface area contributed by atoms with Gasteiger partial charge < -0.3 is 16.2 Å². The van der Waals surface area contributed by atoms with Crippen LogP contribution in [-0.4, -0.2) is 47.6 Å². The summed E-state index contributed by atoms with van der Waals surface area (Å²) in [7, 11) is 0. The van der Waals surface area contributed by atoms with E-state index in [-0.39, 0.29) is 18.6 Å². The molecule has 6 nitrogen and oxygen atoms in total. The normalized spacial score (nSPS) is 20.2. The second-order valence-corrected chi connectivity index (χ2v) is 5.52. The molecule has 0 unspecified atom stereocenters. The fraction of sp³-hybridized carbons (Fsp3) is 0.500. The summed E-state index contributed by atoms with van der Waals surface area (Å²) in [5.74, 6) is -0.746. The van der Waals surface area contributed by atoms with E-state index >= 15 is 0 Å². The summed E-state index contributed by atoms with van der Waals surface area (Å²) in [4.78, 5) is 24.9. The van der Waals surface area contributed by atoms with Crippen LogP contribution in [0, 0.1) is 0 Å². The summed E-state index contributed by atoms with van der Waals surface area (Å²) >= 11 is 1.27. The number of anilines is 1. The largest absolute Gasteiger partial charge is 0.392 e. The van der Waals surface area contributed by atoms with Crippen molar-refractivity contribution in [2.45, 2.75) is 18.9 Å². The third-order valence-corrected chi connectivity index (χ3v) is 3.86. The Morgan fingerprint density at radius 3 is 3.05 bits per heavy atom. The van der Waals surface area contributed by atoms with Crippen LogP contribution in [0.4, 0.5) is 5.00 Å². The van der Waals surface area contributed by atoms with Crippen molar-refractivity contribution in [2.75, 3.05) is 25.0 Å². The molecule has 19 heavy (non-hydrogen) atoms. The van der Waals surface area contributed by atoms with Crippen LogP contribution in [0.1, 0.15) is 23.2 Å². The molecule has 1 saturated heterocycles. The third-order valence-electron chi connectivity index (χ3n) is 3.03. The lowest BCUT2D eigenvalue weighted by Gasteiger charge is -2.29. The summed E-state index contributed by atoms with van der Waals surface area (Å²) in [6.07, 6.45) is 1.32. The Labute approximate surface area is 115 Å². The number of rotatable bonds is 4. The zero-order valence-corrected chi connectivity index (χ0v) is 11.3. The second-order valence-electron chi connectivity index (χ2n) is 4.61.